The second-order valence-corrected chi connectivity index (χ2v) is 5.42. The molecule has 0 heterocycles. The maximum absolute atomic E-state index is 13.5. The number of benzene rings is 1. The Morgan fingerprint density at radius 1 is 1.28 bits per heavy atom. The first-order valence-electron chi connectivity index (χ1n) is 6.75. The fourth-order valence-electron chi connectivity index (χ4n) is 2.99. The molecule has 0 amide bonds. The third-order valence-corrected chi connectivity index (χ3v) is 4.10. The minimum Gasteiger partial charge on any atom is -0.392 e. The van der Waals surface area contributed by atoms with Crippen molar-refractivity contribution in [2.75, 3.05) is 11.9 Å². The monoisotopic (exact) mass is 251 g/mol. The molecular weight excluding hydrogens is 229 g/mol. The first-order chi connectivity index (χ1) is 8.61. The Kier molecular flexibility index (Phi) is 4.23. The van der Waals surface area contributed by atoms with Gasteiger partial charge in [0, 0.05) is 18.8 Å². The molecule has 1 N–H and O–H groups in total. The van der Waals surface area contributed by atoms with Crippen molar-refractivity contribution in [1.82, 2.24) is 0 Å². The molecule has 1 fully saturated rings. The molecule has 0 bridgehead atoms. The summed E-state index contributed by atoms with van der Waals surface area (Å²) >= 11 is 0. The molecule has 3 heteroatoms. The highest BCUT2D eigenvalue weighted by molar-refractivity contribution is 5.49. The van der Waals surface area contributed by atoms with Crippen LogP contribution in [0.1, 0.15) is 38.2 Å². The standard InChI is InChI=1S/C15H22FNO/c1-11-5-3-4-6-15(11)17(2)14-8-12(10-18)7-13(16)9-14/h7-9,11,15,18H,3-6,10H2,1-2H3. The average Bonchev–Trinajstić information content (AvgIpc) is 2.37. The maximum Gasteiger partial charge on any atom is 0.125 e. The number of nitrogens with zero attached hydrogens (tertiary/aromatic N) is 1. The van der Waals surface area contributed by atoms with E-state index in [0.717, 1.165) is 5.69 Å². The highest BCUT2D eigenvalue weighted by Crippen LogP contribution is 2.31. The Labute approximate surface area is 108 Å². The van der Waals surface area contributed by atoms with Crippen LogP contribution in [0.15, 0.2) is 18.2 Å². The minimum absolute atomic E-state index is 0.112. The predicted molar refractivity (Wildman–Crippen MR) is 72.1 cm³/mol. The molecule has 1 saturated carbocycles. The zero-order valence-electron chi connectivity index (χ0n) is 11.2. The van der Waals surface area contributed by atoms with Crippen LogP contribution in [0.5, 0.6) is 0 Å². The molecule has 2 unspecified atom stereocenters. The van der Waals surface area contributed by atoms with E-state index < -0.39 is 0 Å². The van der Waals surface area contributed by atoms with E-state index in [4.69, 9.17) is 5.11 Å². The van der Waals surface area contributed by atoms with Gasteiger partial charge in [0.15, 0.2) is 0 Å². The summed E-state index contributed by atoms with van der Waals surface area (Å²) < 4.78 is 13.5. The Morgan fingerprint density at radius 2 is 2.00 bits per heavy atom. The van der Waals surface area contributed by atoms with Crippen LogP contribution in [0, 0.1) is 11.7 Å². The van der Waals surface area contributed by atoms with E-state index in [-0.39, 0.29) is 12.4 Å². The van der Waals surface area contributed by atoms with Crippen LogP contribution in [0.3, 0.4) is 0 Å². The number of aliphatic hydroxyl groups excluding tert-OH is 1. The van der Waals surface area contributed by atoms with Gasteiger partial charge in [0.2, 0.25) is 0 Å². The summed E-state index contributed by atoms with van der Waals surface area (Å²) in [5, 5.41) is 9.15. The van der Waals surface area contributed by atoms with Crippen molar-refractivity contribution >= 4 is 5.69 Å². The highest BCUT2D eigenvalue weighted by Gasteiger charge is 2.25. The Balaban J connectivity index is 2.21. The fourth-order valence-corrected chi connectivity index (χ4v) is 2.99. The predicted octanol–water partition coefficient (Wildman–Crippen LogP) is 3.33. The van der Waals surface area contributed by atoms with Crippen molar-refractivity contribution in [3.05, 3.63) is 29.6 Å². The van der Waals surface area contributed by atoms with E-state index in [1.807, 2.05) is 13.1 Å². The van der Waals surface area contributed by atoms with Gasteiger partial charge in [-0.1, -0.05) is 19.8 Å². The molecule has 0 aromatic heterocycles. The van der Waals surface area contributed by atoms with E-state index in [1.54, 1.807) is 6.07 Å². The smallest absolute Gasteiger partial charge is 0.125 e. The first kappa shape index (κ1) is 13.3. The van der Waals surface area contributed by atoms with Crippen molar-refractivity contribution in [2.24, 2.45) is 5.92 Å². The first-order valence-corrected chi connectivity index (χ1v) is 6.75. The summed E-state index contributed by atoms with van der Waals surface area (Å²) in [7, 11) is 2.03. The molecule has 1 aromatic carbocycles. The third kappa shape index (κ3) is 2.83. The van der Waals surface area contributed by atoms with Gasteiger partial charge in [0.25, 0.3) is 0 Å². The number of aliphatic hydroxyl groups is 1. The average molecular weight is 251 g/mol. The molecule has 2 rings (SSSR count). The van der Waals surface area contributed by atoms with Crippen LogP contribution in [0.4, 0.5) is 10.1 Å². The molecule has 100 valence electrons. The highest BCUT2D eigenvalue weighted by atomic mass is 19.1. The molecular formula is C15H22FNO. The zero-order chi connectivity index (χ0) is 13.1. The van der Waals surface area contributed by atoms with E-state index >= 15 is 0 Å². The molecule has 1 aliphatic rings. The normalized spacial score (nSPS) is 24.0. The summed E-state index contributed by atoms with van der Waals surface area (Å²) in [6, 6.07) is 5.30. The van der Waals surface area contributed by atoms with Gasteiger partial charge in [0.1, 0.15) is 5.82 Å². The largest absolute Gasteiger partial charge is 0.392 e. The number of hydrogen-bond donors (Lipinski definition) is 1. The summed E-state index contributed by atoms with van der Waals surface area (Å²) in [5.74, 6) is 0.372. The van der Waals surface area contributed by atoms with Gasteiger partial charge in [-0.15, -0.1) is 0 Å². The van der Waals surface area contributed by atoms with Crippen molar-refractivity contribution < 1.29 is 9.50 Å². The van der Waals surface area contributed by atoms with E-state index in [9.17, 15) is 4.39 Å². The van der Waals surface area contributed by atoms with Crippen molar-refractivity contribution in [2.45, 2.75) is 45.3 Å². The summed E-state index contributed by atoms with van der Waals surface area (Å²) in [4.78, 5) is 2.17. The number of halogens is 1. The SMILES string of the molecule is CC1CCCCC1N(C)c1cc(F)cc(CO)c1. The van der Waals surface area contributed by atoms with Crippen molar-refractivity contribution in [1.29, 1.82) is 0 Å². The minimum atomic E-state index is -0.271. The number of hydrogen-bond acceptors (Lipinski definition) is 2. The summed E-state index contributed by atoms with van der Waals surface area (Å²) in [5.41, 5.74) is 1.51. The van der Waals surface area contributed by atoms with Crippen molar-refractivity contribution in [3.8, 4) is 0 Å². The van der Waals surface area contributed by atoms with Gasteiger partial charge in [-0.3, -0.25) is 0 Å². The Bertz CT molecular complexity index is 407. The van der Waals surface area contributed by atoms with Gasteiger partial charge in [-0.2, -0.15) is 0 Å². The summed E-state index contributed by atoms with van der Waals surface area (Å²) in [6.07, 6.45) is 4.97. The molecule has 0 spiro atoms. The van der Waals surface area contributed by atoms with Gasteiger partial charge < -0.3 is 10.0 Å². The second-order valence-electron chi connectivity index (χ2n) is 5.42. The topological polar surface area (TPSA) is 23.5 Å². The van der Waals surface area contributed by atoms with Gasteiger partial charge >= 0.3 is 0 Å². The molecule has 2 atom stereocenters. The van der Waals surface area contributed by atoms with Crippen LogP contribution < -0.4 is 4.90 Å². The lowest BCUT2D eigenvalue weighted by atomic mass is 9.85. The molecule has 18 heavy (non-hydrogen) atoms. The Hall–Kier alpha value is -1.09. The molecule has 2 nitrogen and oxygen atoms in total. The van der Waals surface area contributed by atoms with Crippen LogP contribution in [-0.2, 0) is 6.61 Å². The molecule has 0 saturated heterocycles. The van der Waals surface area contributed by atoms with Gasteiger partial charge in [-0.25, -0.2) is 4.39 Å². The molecule has 0 radical (unpaired) electrons. The van der Waals surface area contributed by atoms with Crippen molar-refractivity contribution in [3.63, 3.8) is 0 Å². The molecule has 1 aromatic rings. The molecule has 0 aliphatic heterocycles. The third-order valence-electron chi connectivity index (χ3n) is 4.10. The Morgan fingerprint density at radius 3 is 2.67 bits per heavy atom. The lowest BCUT2D eigenvalue weighted by Crippen LogP contribution is -2.39. The van der Waals surface area contributed by atoms with Crippen LogP contribution in [0.2, 0.25) is 0 Å². The van der Waals surface area contributed by atoms with Crippen LogP contribution in [0.25, 0.3) is 0 Å². The van der Waals surface area contributed by atoms with Gasteiger partial charge in [-0.05, 0) is 42.5 Å². The quantitative estimate of drug-likeness (QED) is 0.890. The van der Waals surface area contributed by atoms with Gasteiger partial charge in [0.05, 0.1) is 6.61 Å². The lowest BCUT2D eigenvalue weighted by Gasteiger charge is -2.37. The second kappa shape index (κ2) is 5.70. The number of anilines is 1. The lowest BCUT2D eigenvalue weighted by molar-refractivity contribution is 0.281. The van der Waals surface area contributed by atoms with Crippen LogP contribution >= 0.6 is 0 Å². The number of rotatable bonds is 3. The van der Waals surface area contributed by atoms with Crippen LogP contribution in [-0.4, -0.2) is 18.2 Å². The van der Waals surface area contributed by atoms with E-state index in [1.165, 1.54) is 31.7 Å². The van der Waals surface area contributed by atoms with E-state index in [0.29, 0.717) is 17.5 Å². The fraction of sp³-hybridized carbons (Fsp3) is 0.600. The maximum atomic E-state index is 13.5. The van der Waals surface area contributed by atoms with E-state index in [2.05, 4.69) is 11.8 Å². The molecule has 1 aliphatic carbocycles. The zero-order valence-corrected chi connectivity index (χ0v) is 11.2. The summed E-state index contributed by atoms with van der Waals surface area (Å²) in [6.45, 7) is 2.16.